The number of amides is 1. The van der Waals surface area contributed by atoms with Gasteiger partial charge in [0.1, 0.15) is 5.75 Å². The van der Waals surface area contributed by atoms with E-state index in [1.54, 1.807) is 0 Å². The molecule has 1 saturated heterocycles. The summed E-state index contributed by atoms with van der Waals surface area (Å²) >= 11 is 1.81. The minimum absolute atomic E-state index is 0.0510. The molecule has 0 radical (unpaired) electrons. The zero-order valence-electron chi connectivity index (χ0n) is 17.8. The van der Waals surface area contributed by atoms with E-state index in [0.717, 1.165) is 43.9 Å². The molecule has 1 N–H and O–H groups in total. The molecule has 31 heavy (non-hydrogen) atoms. The smallest absolute Gasteiger partial charge is 0.257 e. The van der Waals surface area contributed by atoms with Crippen LogP contribution in [0.2, 0.25) is 0 Å². The summed E-state index contributed by atoms with van der Waals surface area (Å²) in [6.45, 7) is 3.97. The number of hydrogen-bond donors (Lipinski definition) is 1. The summed E-state index contributed by atoms with van der Waals surface area (Å²) < 4.78 is 5.88. The molecule has 3 aromatic rings. The molecule has 1 amide bonds. The van der Waals surface area contributed by atoms with Crippen molar-refractivity contribution in [1.29, 1.82) is 0 Å². The van der Waals surface area contributed by atoms with Gasteiger partial charge in [0.15, 0.2) is 6.61 Å². The molecule has 162 valence electrons. The molecule has 0 spiro atoms. The van der Waals surface area contributed by atoms with Crippen LogP contribution in [-0.4, -0.2) is 37.0 Å². The topological polar surface area (TPSA) is 41.6 Å². The van der Waals surface area contributed by atoms with Crippen molar-refractivity contribution in [3.8, 4) is 5.75 Å². The normalized spacial score (nSPS) is 16.7. The van der Waals surface area contributed by atoms with Crippen LogP contribution in [-0.2, 0) is 17.8 Å². The molecule has 1 aliphatic heterocycles. The summed E-state index contributed by atoms with van der Waals surface area (Å²) in [4.78, 5) is 16.3. The maximum Gasteiger partial charge on any atom is 0.257 e. The molecule has 0 saturated carbocycles. The van der Waals surface area contributed by atoms with Crippen molar-refractivity contribution in [1.82, 2.24) is 10.2 Å². The highest BCUT2D eigenvalue weighted by molar-refractivity contribution is 7.09. The van der Waals surface area contributed by atoms with Crippen LogP contribution in [0.5, 0.6) is 5.75 Å². The summed E-state index contributed by atoms with van der Waals surface area (Å²) in [5.41, 5.74) is 2.32. The number of rotatable bonds is 9. The van der Waals surface area contributed by atoms with Gasteiger partial charge in [-0.2, -0.15) is 0 Å². The lowest BCUT2D eigenvalue weighted by atomic mass is 9.98. The standard InChI is InChI=1S/C26H30N2O2S/c29-26(27-17-22-10-6-14-28(18-22)19-24-12-7-15-31-24)20-30-25-13-5-4-11-23(25)16-21-8-2-1-3-9-21/h1-5,7-9,11-13,15,22H,6,10,14,16-20H2,(H,27,29). The third-order valence-corrected chi connectivity index (χ3v) is 6.58. The van der Waals surface area contributed by atoms with Gasteiger partial charge in [0.25, 0.3) is 5.91 Å². The Hall–Kier alpha value is -2.63. The fourth-order valence-electron chi connectivity index (χ4n) is 4.14. The van der Waals surface area contributed by atoms with Gasteiger partial charge in [-0.05, 0) is 53.9 Å². The van der Waals surface area contributed by atoms with E-state index >= 15 is 0 Å². The second kappa shape index (κ2) is 11.1. The van der Waals surface area contributed by atoms with E-state index in [4.69, 9.17) is 4.74 Å². The third-order valence-electron chi connectivity index (χ3n) is 5.72. The van der Waals surface area contributed by atoms with E-state index < -0.39 is 0 Å². The number of nitrogens with one attached hydrogen (secondary N) is 1. The number of nitrogens with zero attached hydrogens (tertiary/aromatic N) is 1. The molecule has 4 rings (SSSR count). The molecular weight excluding hydrogens is 404 g/mol. The highest BCUT2D eigenvalue weighted by Crippen LogP contribution is 2.22. The maximum absolute atomic E-state index is 12.4. The Labute approximate surface area is 188 Å². The molecule has 0 bridgehead atoms. The fourth-order valence-corrected chi connectivity index (χ4v) is 4.89. The van der Waals surface area contributed by atoms with Gasteiger partial charge in [0.05, 0.1) is 0 Å². The van der Waals surface area contributed by atoms with Gasteiger partial charge >= 0.3 is 0 Å². The first-order valence-electron chi connectivity index (χ1n) is 11.0. The summed E-state index contributed by atoms with van der Waals surface area (Å²) in [7, 11) is 0. The Morgan fingerprint density at radius 1 is 1.06 bits per heavy atom. The molecule has 1 atom stereocenters. The predicted molar refractivity (Wildman–Crippen MR) is 127 cm³/mol. The van der Waals surface area contributed by atoms with E-state index in [2.05, 4.69) is 45.9 Å². The molecule has 1 fully saturated rings. The zero-order valence-corrected chi connectivity index (χ0v) is 18.7. The first kappa shape index (κ1) is 21.6. The van der Waals surface area contributed by atoms with Gasteiger partial charge in [-0.25, -0.2) is 0 Å². The van der Waals surface area contributed by atoms with Crippen molar-refractivity contribution in [2.24, 2.45) is 5.92 Å². The number of likely N-dealkylation sites (tertiary alicyclic amines) is 1. The van der Waals surface area contributed by atoms with Crippen LogP contribution in [0.3, 0.4) is 0 Å². The Kier molecular flexibility index (Phi) is 7.75. The lowest BCUT2D eigenvalue weighted by Crippen LogP contribution is -2.41. The van der Waals surface area contributed by atoms with Crippen LogP contribution >= 0.6 is 11.3 Å². The summed E-state index contributed by atoms with van der Waals surface area (Å²) in [6.07, 6.45) is 3.15. The Balaban J connectivity index is 1.22. The van der Waals surface area contributed by atoms with Gasteiger partial charge < -0.3 is 10.1 Å². The fraction of sp³-hybridized carbons (Fsp3) is 0.346. The zero-order chi connectivity index (χ0) is 21.3. The largest absolute Gasteiger partial charge is 0.483 e. The molecule has 5 heteroatoms. The van der Waals surface area contributed by atoms with E-state index in [1.165, 1.54) is 23.3 Å². The second-order valence-corrected chi connectivity index (χ2v) is 9.22. The van der Waals surface area contributed by atoms with Crippen LogP contribution in [0.4, 0.5) is 0 Å². The monoisotopic (exact) mass is 434 g/mol. The van der Waals surface area contributed by atoms with E-state index in [-0.39, 0.29) is 12.5 Å². The second-order valence-electron chi connectivity index (χ2n) is 8.19. The molecule has 1 aromatic heterocycles. The number of carbonyl (C=O) groups excluding carboxylic acids is 1. The van der Waals surface area contributed by atoms with Crippen LogP contribution in [0.1, 0.15) is 28.8 Å². The highest BCUT2D eigenvalue weighted by Gasteiger charge is 2.21. The lowest BCUT2D eigenvalue weighted by molar-refractivity contribution is -0.123. The van der Waals surface area contributed by atoms with Crippen LogP contribution < -0.4 is 10.1 Å². The number of piperidine rings is 1. The quantitative estimate of drug-likeness (QED) is 0.529. The molecule has 2 heterocycles. The van der Waals surface area contributed by atoms with E-state index in [1.807, 2.05) is 47.7 Å². The van der Waals surface area contributed by atoms with Crippen molar-refractivity contribution >= 4 is 17.2 Å². The van der Waals surface area contributed by atoms with Crippen molar-refractivity contribution in [2.45, 2.75) is 25.8 Å². The Bertz CT molecular complexity index is 943. The highest BCUT2D eigenvalue weighted by atomic mass is 32.1. The number of hydrogen-bond acceptors (Lipinski definition) is 4. The average molecular weight is 435 g/mol. The van der Waals surface area contributed by atoms with E-state index in [9.17, 15) is 4.79 Å². The van der Waals surface area contributed by atoms with Gasteiger partial charge in [-0.1, -0.05) is 54.6 Å². The first-order chi connectivity index (χ1) is 15.3. The Morgan fingerprint density at radius 3 is 2.74 bits per heavy atom. The average Bonchev–Trinajstić information content (AvgIpc) is 3.31. The van der Waals surface area contributed by atoms with Crippen LogP contribution in [0, 0.1) is 5.92 Å². The van der Waals surface area contributed by atoms with Crippen LogP contribution in [0.15, 0.2) is 72.1 Å². The van der Waals surface area contributed by atoms with Gasteiger partial charge in [-0.15, -0.1) is 11.3 Å². The van der Waals surface area contributed by atoms with Crippen molar-refractivity contribution in [3.63, 3.8) is 0 Å². The molecule has 1 aliphatic rings. The number of ether oxygens (including phenoxy) is 1. The molecular formula is C26H30N2O2S. The number of carbonyl (C=O) groups is 1. The van der Waals surface area contributed by atoms with E-state index in [0.29, 0.717) is 5.92 Å². The number of thiophene rings is 1. The third kappa shape index (κ3) is 6.68. The number of benzene rings is 2. The molecule has 1 unspecified atom stereocenters. The summed E-state index contributed by atoms with van der Waals surface area (Å²) in [5, 5.41) is 5.22. The molecule has 4 nitrogen and oxygen atoms in total. The SMILES string of the molecule is O=C(COc1ccccc1Cc1ccccc1)NCC1CCCN(Cc2cccs2)C1. The van der Waals surface area contributed by atoms with Gasteiger partial charge in [0.2, 0.25) is 0 Å². The van der Waals surface area contributed by atoms with Gasteiger partial charge in [-0.3, -0.25) is 9.69 Å². The lowest BCUT2D eigenvalue weighted by Gasteiger charge is -2.32. The van der Waals surface area contributed by atoms with Crippen molar-refractivity contribution in [3.05, 3.63) is 88.1 Å². The minimum Gasteiger partial charge on any atom is -0.483 e. The van der Waals surface area contributed by atoms with Gasteiger partial charge in [0, 0.05) is 30.9 Å². The molecule has 2 aromatic carbocycles. The molecule has 0 aliphatic carbocycles. The number of para-hydroxylation sites is 1. The van der Waals surface area contributed by atoms with Crippen LogP contribution in [0.25, 0.3) is 0 Å². The Morgan fingerprint density at radius 2 is 1.90 bits per heavy atom. The van der Waals surface area contributed by atoms with Crippen molar-refractivity contribution < 1.29 is 9.53 Å². The first-order valence-corrected chi connectivity index (χ1v) is 11.9. The maximum atomic E-state index is 12.4. The summed E-state index contributed by atoms with van der Waals surface area (Å²) in [6, 6.07) is 22.6. The predicted octanol–water partition coefficient (Wildman–Crippen LogP) is 4.75. The minimum atomic E-state index is -0.0510. The van der Waals surface area contributed by atoms with Crippen molar-refractivity contribution in [2.75, 3.05) is 26.2 Å². The summed E-state index contributed by atoms with van der Waals surface area (Å²) in [5.74, 6) is 1.23.